The van der Waals surface area contributed by atoms with E-state index in [9.17, 15) is 9.90 Å². The minimum absolute atomic E-state index is 0.220. The number of carboxylic acid groups (broad SMARTS) is 1. The van der Waals surface area contributed by atoms with Gasteiger partial charge in [0.25, 0.3) is 0 Å². The SMILES string of the molecule is O=C(O)C(c1ccccc1Cl)[C@@H]1NCCc2sccc21. The van der Waals surface area contributed by atoms with Gasteiger partial charge in [-0.2, -0.15) is 0 Å². The van der Waals surface area contributed by atoms with Crippen molar-refractivity contribution in [2.24, 2.45) is 0 Å². The molecule has 0 saturated heterocycles. The molecule has 0 spiro atoms. The van der Waals surface area contributed by atoms with Crippen LogP contribution >= 0.6 is 22.9 Å². The van der Waals surface area contributed by atoms with Gasteiger partial charge in [0, 0.05) is 16.4 Å². The molecule has 104 valence electrons. The van der Waals surface area contributed by atoms with Gasteiger partial charge < -0.3 is 10.4 Å². The molecule has 1 aromatic heterocycles. The second-order valence-electron chi connectivity index (χ2n) is 4.82. The second kappa shape index (κ2) is 5.56. The van der Waals surface area contributed by atoms with E-state index in [4.69, 9.17) is 11.6 Å². The molecule has 0 fully saturated rings. The van der Waals surface area contributed by atoms with Crippen molar-refractivity contribution in [3.8, 4) is 0 Å². The first-order valence-corrected chi connectivity index (χ1v) is 7.71. The maximum Gasteiger partial charge on any atom is 0.312 e. The van der Waals surface area contributed by atoms with E-state index in [1.807, 2.05) is 23.6 Å². The van der Waals surface area contributed by atoms with Crippen LogP contribution in [0.2, 0.25) is 5.02 Å². The Hall–Kier alpha value is -1.36. The summed E-state index contributed by atoms with van der Waals surface area (Å²) in [6, 6.07) is 8.98. The number of aliphatic carboxylic acids is 1. The molecule has 1 aliphatic rings. The van der Waals surface area contributed by atoms with Crippen LogP contribution in [0.4, 0.5) is 0 Å². The Labute approximate surface area is 126 Å². The molecule has 2 N–H and O–H groups in total. The average molecular weight is 308 g/mol. The molecule has 0 amide bonds. The third-order valence-electron chi connectivity index (χ3n) is 3.67. The Balaban J connectivity index is 2.06. The van der Waals surface area contributed by atoms with Crippen LogP contribution in [-0.4, -0.2) is 17.6 Å². The summed E-state index contributed by atoms with van der Waals surface area (Å²) in [5, 5.41) is 15.5. The van der Waals surface area contributed by atoms with Gasteiger partial charge in [-0.3, -0.25) is 4.79 Å². The molecule has 1 aliphatic heterocycles. The number of hydrogen-bond acceptors (Lipinski definition) is 3. The van der Waals surface area contributed by atoms with Crippen LogP contribution in [0.1, 0.15) is 28.0 Å². The van der Waals surface area contributed by atoms with Gasteiger partial charge in [-0.1, -0.05) is 29.8 Å². The van der Waals surface area contributed by atoms with E-state index in [0.29, 0.717) is 10.6 Å². The summed E-state index contributed by atoms with van der Waals surface area (Å²) >= 11 is 7.89. The zero-order valence-electron chi connectivity index (χ0n) is 10.7. The van der Waals surface area contributed by atoms with E-state index >= 15 is 0 Å². The van der Waals surface area contributed by atoms with Gasteiger partial charge in [0.15, 0.2) is 0 Å². The predicted octanol–water partition coefficient (Wildman–Crippen LogP) is 3.46. The zero-order chi connectivity index (χ0) is 14.1. The fourth-order valence-corrected chi connectivity index (χ4v) is 3.95. The van der Waals surface area contributed by atoms with Gasteiger partial charge in [0.1, 0.15) is 5.92 Å². The van der Waals surface area contributed by atoms with Crippen molar-refractivity contribution in [2.45, 2.75) is 18.4 Å². The highest BCUT2D eigenvalue weighted by atomic mass is 35.5. The lowest BCUT2D eigenvalue weighted by atomic mass is 9.85. The number of benzene rings is 1. The van der Waals surface area contributed by atoms with E-state index in [1.165, 1.54) is 4.88 Å². The lowest BCUT2D eigenvalue weighted by Crippen LogP contribution is -2.36. The Morgan fingerprint density at radius 3 is 2.95 bits per heavy atom. The Kier molecular flexibility index (Phi) is 3.78. The minimum atomic E-state index is -0.852. The third kappa shape index (κ3) is 2.35. The van der Waals surface area contributed by atoms with Gasteiger partial charge >= 0.3 is 5.97 Å². The number of fused-ring (bicyclic) bond motifs is 1. The van der Waals surface area contributed by atoms with Gasteiger partial charge in [-0.15, -0.1) is 11.3 Å². The Morgan fingerprint density at radius 2 is 2.20 bits per heavy atom. The summed E-state index contributed by atoms with van der Waals surface area (Å²) in [5.41, 5.74) is 1.76. The van der Waals surface area contributed by atoms with Crippen molar-refractivity contribution in [3.63, 3.8) is 0 Å². The van der Waals surface area contributed by atoms with E-state index < -0.39 is 11.9 Å². The smallest absolute Gasteiger partial charge is 0.312 e. The monoisotopic (exact) mass is 307 g/mol. The van der Waals surface area contributed by atoms with E-state index in [2.05, 4.69) is 5.32 Å². The third-order valence-corrected chi connectivity index (χ3v) is 5.01. The van der Waals surface area contributed by atoms with Crippen molar-refractivity contribution in [3.05, 3.63) is 56.7 Å². The van der Waals surface area contributed by atoms with Gasteiger partial charge in [-0.25, -0.2) is 0 Å². The summed E-state index contributed by atoms with van der Waals surface area (Å²) in [4.78, 5) is 13.1. The van der Waals surface area contributed by atoms with Gasteiger partial charge in [0.2, 0.25) is 0 Å². The highest BCUT2D eigenvalue weighted by Crippen LogP contribution is 2.39. The highest BCUT2D eigenvalue weighted by molar-refractivity contribution is 7.10. The maximum absolute atomic E-state index is 11.8. The van der Waals surface area contributed by atoms with E-state index in [0.717, 1.165) is 18.5 Å². The number of thiophene rings is 1. The number of carbonyl (C=O) groups is 1. The molecule has 3 nitrogen and oxygen atoms in total. The number of halogens is 1. The lowest BCUT2D eigenvalue weighted by molar-refractivity contribution is -0.139. The van der Waals surface area contributed by atoms with Crippen LogP contribution in [0.3, 0.4) is 0 Å². The standard InChI is InChI=1S/C15H14ClNO2S/c16-11-4-2-1-3-9(11)13(15(18)19)14-10-6-8-20-12(10)5-7-17-14/h1-4,6,8,13-14,17H,5,7H2,(H,18,19)/t13?,14-/m1/s1. The van der Waals surface area contributed by atoms with Crippen molar-refractivity contribution in [1.29, 1.82) is 0 Å². The van der Waals surface area contributed by atoms with Crippen molar-refractivity contribution in [1.82, 2.24) is 5.32 Å². The van der Waals surface area contributed by atoms with Crippen molar-refractivity contribution < 1.29 is 9.90 Å². The van der Waals surface area contributed by atoms with Crippen LogP contribution in [0, 0.1) is 0 Å². The fourth-order valence-electron chi connectivity index (χ4n) is 2.76. The van der Waals surface area contributed by atoms with Crippen molar-refractivity contribution >= 4 is 28.9 Å². The first-order chi connectivity index (χ1) is 9.68. The minimum Gasteiger partial charge on any atom is -0.481 e. The topological polar surface area (TPSA) is 49.3 Å². The van der Waals surface area contributed by atoms with E-state index in [-0.39, 0.29) is 6.04 Å². The van der Waals surface area contributed by atoms with Crippen LogP contribution in [0.15, 0.2) is 35.7 Å². The first-order valence-electron chi connectivity index (χ1n) is 6.45. The molecule has 20 heavy (non-hydrogen) atoms. The van der Waals surface area contributed by atoms with Gasteiger partial charge in [0.05, 0.1) is 6.04 Å². The van der Waals surface area contributed by atoms with Crippen molar-refractivity contribution in [2.75, 3.05) is 6.54 Å². The second-order valence-corrected chi connectivity index (χ2v) is 6.23. The molecule has 1 aromatic carbocycles. The lowest BCUT2D eigenvalue weighted by Gasteiger charge is -2.30. The molecule has 0 aliphatic carbocycles. The van der Waals surface area contributed by atoms with Crippen LogP contribution in [0.5, 0.6) is 0 Å². The van der Waals surface area contributed by atoms with Crippen LogP contribution in [0.25, 0.3) is 0 Å². The summed E-state index contributed by atoms with van der Waals surface area (Å²) in [5.74, 6) is -1.52. The first kappa shape index (κ1) is 13.6. The predicted molar refractivity (Wildman–Crippen MR) is 80.6 cm³/mol. The number of carboxylic acids is 1. The Morgan fingerprint density at radius 1 is 1.40 bits per heavy atom. The highest BCUT2D eigenvalue weighted by Gasteiger charge is 2.35. The molecule has 3 rings (SSSR count). The molecule has 2 heterocycles. The molecule has 2 aromatic rings. The van der Waals surface area contributed by atoms with Crippen LogP contribution < -0.4 is 5.32 Å². The fraction of sp³-hybridized carbons (Fsp3) is 0.267. The maximum atomic E-state index is 11.8. The summed E-state index contributed by atoms with van der Waals surface area (Å²) < 4.78 is 0. The molecule has 0 bridgehead atoms. The molecule has 2 atom stereocenters. The quantitative estimate of drug-likeness (QED) is 0.913. The number of nitrogens with one attached hydrogen (secondary N) is 1. The normalized spacial score (nSPS) is 19.4. The molecular weight excluding hydrogens is 294 g/mol. The molecular formula is C15H14ClNO2S. The molecule has 1 unspecified atom stereocenters. The number of rotatable bonds is 3. The van der Waals surface area contributed by atoms with E-state index in [1.54, 1.807) is 23.5 Å². The summed E-state index contributed by atoms with van der Waals surface area (Å²) in [6.07, 6.45) is 0.957. The van der Waals surface area contributed by atoms with Gasteiger partial charge in [-0.05, 0) is 35.1 Å². The summed E-state index contributed by atoms with van der Waals surface area (Å²) in [6.45, 7) is 0.798. The largest absolute Gasteiger partial charge is 0.481 e. The zero-order valence-corrected chi connectivity index (χ0v) is 12.2. The molecule has 0 saturated carbocycles. The average Bonchev–Trinajstić information content (AvgIpc) is 2.90. The molecule has 0 radical (unpaired) electrons. The number of hydrogen-bond donors (Lipinski definition) is 2. The van der Waals surface area contributed by atoms with Crippen LogP contribution in [-0.2, 0) is 11.2 Å². The summed E-state index contributed by atoms with van der Waals surface area (Å²) in [7, 11) is 0. The Bertz CT molecular complexity index is 640. The molecule has 5 heteroatoms.